The van der Waals surface area contributed by atoms with Crippen LogP contribution in [0.15, 0.2) is 24.4 Å². The van der Waals surface area contributed by atoms with E-state index in [9.17, 15) is 4.79 Å². The molecule has 0 aliphatic carbocycles. The quantitative estimate of drug-likeness (QED) is 0.781. The van der Waals surface area contributed by atoms with Gasteiger partial charge in [0, 0.05) is 28.9 Å². The number of aromatic nitrogens is 2. The third-order valence-corrected chi connectivity index (χ3v) is 2.94. The molecule has 2 aromatic rings. The van der Waals surface area contributed by atoms with Gasteiger partial charge in [-0.3, -0.25) is 9.48 Å². The Morgan fingerprint density at radius 1 is 1.41 bits per heavy atom. The van der Waals surface area contributed by atoms with Gasteiger partial charge in [0.1, 0.15) is 0 Å². The van der Waals surface area contributed by atoms with Crippen LogP contribution in [-0.4, -0.2) is 16.1 Å². The van der Waals surface area contributed by atoms with Crippen molar-refractivity contribution in [3.63, 3.8) is 0 Å². The molecular formula is C13H13ClN2O. The first kappa shape index (κ1) is 11.9. The zero-order valence-electron chi connectivity index (χ0n) is 9.77. The normalized spacial score (nSPS) is 10.5. The number of rotatable bonds is 3. The van der Waals surface area contributed by atoms with Gasteiger partial charge in [0.15, 0.2) is 6.29 Å². The Balaban J connectivity index is 2.59. The molecule has 88 valence electrons. The summed E-state index contributed by atoms with van der Waals surface area (Å²) in [6.07, 6.45) is 2.77. The first-order valence-electron chi connectivity index (χ1n) is 5.45. The topological polar surface area (TPSA) is 34.9 Å². The van der Waals surface area contributed by atoms with E-state index in [1.807, 2.05) is 30.8 Å². The molecule has 0 spiro atoms. The second-order valence-electron chi connectivity index (χ2n) is 3.83. The number of carbonyl (C=O) groups excluding carboxylic acids is 1. The van der Waals surface area contributed by atoms with Crippen molar-refractivity contribution in [3.8, 4) is 11.1 Å². The van der Waals surface area contributed by atoms with Gasteiger partial charge in [-0.2, -0.15) is 5.10 Å². The highest BCUT2D eigenvalue weighted by Gasteiger charge is 2.11. The molecule has 17 heavy (non-hydrogen) atoms. The molecule has 0 saturated heterocycles. The predicted octanol–water partition coefficient (Wildman–Crippen LogP) is 3.34. The molecule has 0 saturated carbocycles. The average molecular weight is 249 g/mol. The fourth-order valence-corrected chi connectivity index (χ4v) is 2.00. The van der Waals surface area contributed by atoms with E-state index in [-0.39, 0.29) is 0 Å². The minimum Gasteiger partial charge on any atom is -0.298 e. The number of benzene rings is 1. The van der Waals surface area contributed by atoms with Crippen LogP contribution in [0, 0.1) is 6.92 Å². The van der Waals surface area contributed by atoms with Crippen LogP contribution in [-0.2, 0) is 6.54 Å². The molecule has 0 bridgehead atoms. The van der Waals surface area contributed by atoms with E-state index in [2.05, 4.69) is 5.10 Å². The zero-order chi connectivity index (χ0) is 12.4. The van der Waals surface area contributed by atoms with Gasteiger partial charge in [-0.15, -0.1) is 0 Å². The molecule has 0 aliphatic heterocycles. The van der Waals surface area contributed by atoms with Crippen LogP contribution >= 0.6 is 11.6 Å². The number of aryl methyl sites for hydroxylation is 2. The maximum Gasteiger partial charge on any atom is 0.150 e. The Morgan fingerprint density at radius 3 is 2.76 bits per heavy atom. The highest BCUT2D eigenvalue weighted by molar-refractivity contribution is 6.31. The summed E-state index contributed by atoms with van der Waals surface area (Å²) in [5, 5.41) is 4.94. The lowest BCUT2D eigenvalue weighted by molar-refractivity contribution is 0.112. The van der Waals surface area contributed by atoms with E-state index in [0.29, 0.717) is 10.6 Å². The molecule has 0 radical (unpaired) electrons. The van der Waals surface area contributed by atoms with E-state index < -0.39 is 0 Å². The van der Waals surface area contributed by atoms with Crippen LogP contribution in [0.3, 0.4) is 0 Å². The van der Waals surface area contributed by atoms with Crippen LogP contribution in [0.2, 0.25) is 5.02 Å². The Kier molecular flexibility index (Phi) is 3.29. The maximum atomic E-state index is 11.1. The Labute approximate surface area is 105 Å². The van der Waals surface area contributed by atoms with E-state index in [1.54, 1.807) is 12.1 Å². The monoisotopic (exact) mass is 248 g/mol. The van der Waals surface area contributed by atoms with Crippen LogP contribution in [0.25, 0.3) is 11.1 Å². The van der Waals surface area contributed by atoms with Crippen LogP contribution in [0.4, 0.5) is 0 Å². The minimum absolute atomic E-state index is 0.566. The van der Waals surface area contributed by atoms with Crippen molar-refractivity contribution in [1.82, 2.24) is 9.78 Å². The second kappa shape index (κ2) is 4.72. The summed E-state index contributed by atoms with van der Waals surface area (Å²) >= 11 is 5.88. The van der Waals surface area contributed by atoms with Gasteiger partial charge in [0.2, 0.25) is 0 Å². The van der Waals surface area contributed by atoms with E-state index in [4.69, 9.17) is 11.6 Å². The number of aldehydes is 1. The molecule has 0 unspecified atom stereocenters. The van der Waals surface area contributed by atoms with Crippen molar-refractivity contribution in [2.45, 2.75) is 20.4 Å². The predicted molar refractivity (Wildman–Crippen MR) is 68.5 cm³/mol. The van der Waals surface area contributed by atoms with Gasteiger partial charge in [-0.25, -0.2) is 0 Å². The molecule has 0 amide bonds. The lowest BCUT2D eigenvalue weighted by Gasteiger charge is -2.03. The molecule has 0 aliphatic rings. The summed E-state index contributed by atoms with van der Waals surface area (Å²) in [5.41, 5.74) is 3.36. The molecule has 1 aromatic heterocycles. The molecule has 0 atom stereocenters. The molecule has 1 heterocycles. The number of carbonyl (C=O) groups is 1. The average Bonchev–Trinajstić information content (AvgIpc) is 2.70. The van der Waals surface area contributed by atoms with Crippen LogP contribution < -0.4 is 0 Å². The lowest BCUT2D eigenvalue weighted by atomic mass is 10.0. The first-order chi connectivity index (χ1) is 8.15. The number of nitrogens with zero attached hydrogens (tertiary/aromatic N) is 2. The molecule has 0 fully saturated rings. The fraction of sp³-hybridized carbons (Fsp3) is 0.231. The van der Waals surface area contributed by atoms with Gasteiger partial charge in [-0.05, 0) is 31.5 Å². The summed E-state index contributed by atoms with van der Waals surface area (Å²) < 4.78 is 1.86. The SMILES string of the molecule is CCn1cc(-c2ccc(Cl)cc2C=O)c(C)n1. The largest absolute Gasteiger partial charge is 0.298 e. The van der Waals surface area contributed by atoms with E-state index >= 15 is 0 Å². The van der Waals surface area contributed by atoms with Crippen molar-refractivity contribution in [3.05, 3.63) is 40.7 Å². The van der Waals surface area contributed by atoms with Crippen LogP contribution in [0.5, 0.6) is 0 Å². The standard InChI is InChI=1S/C13H13ClN2O/c1-3-16-7-13(9(2)15-16)12-5-4-11(14)6-10(12)8-17/h4-8H,3H2,1-2H3. The molecule has 3 nitrogen and oxygen atoms in total. The van der Waals surface area contributed by atoms with Gasteiger partial charge < -0.3 is 0 Å². The molecular weight excluding hydrogens is 236 g/mol. The Hall–Kier alpha value is -1.61. The van der Waals surface area contributed by atoms with Crippen LogP contribution in [0.1, 0.15) is 23.0 Å². The Morgan fingerprint density at radius 2 is 2.18 bits per heavy atom. The third kappa shape index (κ3) is 2.24. The molecule has 0 N–H and O–H groups in total. The van der Waals surface area contributed by atoms with Gasteiger partial charge in [0.05, 0.1) is 5.69 Å². The maximum absolute atomic E-state index is 11.1. The summed E-state index contributed by atoms with van der Waals surface area (Å²) in [6.45, 7) is 4.77. The van der Waals surface area contributed by atoms with Gasteiger partial charge in [0.25, 0.3) is 0 Å². The number of halogens is 1. The van der Waals surface area contributed by atoms with Gasteiger partial charge in [-0.1, -0.05) is 17.7 Å². The Bertz CT molecular complexity index is 561. The number of hydrogen-bond acceptors (Lipinski definition) is 2. The second-order valence-corrected chi connectivity index (χ2v) is 4.27. The van der Waals surface area contributed by atoms with Crippen molar-refractivity contribution >= 4 is 17.9 Å². The smallest absolute Gasteiger partial charge is 0.150 e. The molecule has 2 rings (SSSR count). The van der Waals surface area contributed by atoms with E-state index in [1.165, 1.54) is 0 Å². The number of hydrogen-bond donors (Lipinski definition) is 0. The van der Waals surface area contributed by atoms with Crippen molar-refractivity contribution in [1.29, 1.82) is 0 Å². The van der Waals surface area contributed by atoms with Crippen molar-refractivity contribution in [2.24, 2.45) is 0 Å². The van der Waals surface area contributed by atoms with E-state index in [0.717, 1.165) is 29.7 Å². The summed E-state index contributed by atoms with van der Waals surface area (Å²) in [5.74, 6) is 0. The molecule has 1 aromatic carbocycles. The third-order valence-electron chi connectivity index (χ3n) is 2.70. The lowest BCUT2D eigenvalue weighted by Crippen LogP contribution is -1.93. The summed E-state index contributed by atoms with van der Waals surface area (Å²) in [6, 6.07) is 5.31. The minimum atomic E-state index is 0.566. The van der Waals surface area contributed by atoms with Crippen molar-refractivity contribution in [2.75, 3.05) is 0 Å². The fourth-order valence-electron chi connectivity index (χ4n) is 1.82. The summed E-state index contributed by atoms with van der Waals surface area (Å²) in [4.78, 5) is 11.1. The highest BCUT2D eigenvalue weighted by atomic mass is 35.5. The van der Waals surface area contributed by atoms with Crippen molar-refractivity contribution < 1.29 is 4.79 Å². The first-order valence-corrected chi connectivity index (χ1v) is 5.82. The summed E-state index contributed by atoms with van der Waals surface area (Å²) in [7, 11) is 0. The molecule has 4 heteroatoms. The van der Waals surface area contributed by atoms with Gasteiger partial charge >= 0.3 is 0 Å². The highest BCUT2D eigenvalue weighted by Crippen LogP contribution is 2.27. The zero-order valence-corrected chi connectivity index (χ0v) is 10.5.